The molecule has 2 aromatic carbocycles. The molecule has 4 nitrogen and oxygen atoms in total. The molecule has 1 aromatic heterocycles. The number of amides is 1. The van der Waals surface area contributed by atoms with Gasteiger partial charge in [0.1, 0.15) is 0 Å². The fraction of sp³-hybridized carbons (Fsp3) is 0.391. The summed E-state index contributed by atoms with van der Waals surface area (Å²) < 4.78 is 1.27. The van der Waals surface area contributed by atoms with E-state index in [1.54, 1.807) is 0 Å². The number of aromatic nitrogens is 1. The Labute approximate surface area is 180 Å². The molecule has 1 aliphatic heterocycles. The summed E-state index contributed by atoms with van der Waals surface area (Å²) >= 11 is 3.68. The van der Waals surface area contributed by atoms with Crippen molar-refractivity contribution < 1.29 is 4.79 Å². The number of hydrogen-bond acceptors (Lipinski definition) is 5. The van der Waals surface area contributed by atoms with Crippen LogP contribution in [0.2, 0.25) is 0 Å². The van der Waals surface area contributed by atoms with Gasteiger partial charge in [0.05, 0.1) is 21.8 Å². The number of likely N-dealkylation sites (tertiary alicyclic amines) is 1. The number of benzene rings is 2. The number of para-hydroxylation sites is 1. The van der Waals surface area contributed by atoms with Crippen LogP contribution in [0.3, 0.4) is 0 Å². The quantitative estimate of drug-likeness (QED) is 0.539. The monoisotopic (exact) mass is 425 g/mol. The molecular weight excluding hydrogens is 398 g/mol. The molecule has 2 heterocycles. The van der Waals surface area contributed by atoms with Crippen molar-refractivity contribution in [2.75, 3.05) is 31.9 Å². The van der Waals surface area contributed by atoms with Gasteiger partial charge < -0.3 is 5.32 Å². The van der Waals surface area contributed by atoms with E-state index >= 15 is 0 Å². The van der Waals surface area contributed by atoms with Crippen molar-refractivity contribution >= 4 is 39.2 Å². The van der Waals surface area contributed by atoms with Gasteiger partial charge in [-0.25, -0.2) is 4.98 Å². The molecule has 0 bridgehead atoms. The van der Waals surface area contributed by atoms with Gasteiger partial charge in [0, 0.05) is 24.0 Å². The molecule has 4 rings (SSSR count). The van der Waals surface area contributed by atoms with Crippen LogP contribution >= 0.6 is 23.1 Å². The first-order valence-corrected chi connectivity index (χ1v) is 12.2. The fourth-order valence-corrected chi connectivity index (χ4v) is 5.64. The van der Waals surface area contributed by atoms with Crippen molar-refractivity contribution in [1.29, 1.82) is 0 Å². The van der Waals surface area contributed by atoms with E-state index in [0.717, 1.165) is 49.5 Å². The molecule has 0 aliphatic carbocycles. The van der Waals surface area contributed by atoms with Crippen LogP contribution in [-0.4, -0.2) is 47.7 Å². The third-order valence-electron chi connectivity index (χ3n) is 5.29. The molecule has 1 saturated heterocycles. The molecule has 152 valence electrons. The lowest BCUT2D eigenvalue weighted by atomic mass is 9.97. The van der Waals surface area contributed by atoms with Crippen LogP contribution in [-0.2, 0) is 10.5 Å². The van der Waals surface area contributed by atoms with Crippen LogP contribution < -0.4 is 5.32 Å². The standard InChI is InChI=1S/C23H27N3OS2/c27-22(24-12-15-28-17-18-6-2-1-3-7-18)16-26-13-10-19(11-14-26)23-25-20-8-4-5-9-21(20)29-23/h1-9,19H,10-17H2,(H,24,27). The Balaban J connectivity index is 1.13. The van der Waals surface area contributed by atoms with Crippen molar-refractivity contribution in [2.45, 2.75) is 24.5 Å². The molecule has 0 atom stereocenters. The van der Waals surface area contributed by atoms with Crippen LogP contribution in [0.1, 0.15) is 29.3 Å². The lowest BCUT2D eigenvalue weighted by Crippen LogP contribution is -2.41. The molecule has 0 spiro atoms. The molecule has 0 radical (unpaired) electrons. The normalized spacial score (nSPS) is 15.6. The highest BCUT2D eigenvalue weighted by molar-refractivity contribution is 7.98. The van der Waals surface area contributed by atoms with E-state index in [-0.39, 0.29) is 5.91 Å². The Morgan fingerprint density at radius 2 is 1.86 bits per heavy atom. The molecule has 1 fully saturated rings. The average molecular weight is 426 g/mol. The first kappa shape index (κ1) is 20.4. The molecule has 1 aliphatic rings. The second kappa shape index (κ2) is 10.2. The number of hydrogen-bond donors (Lipinski definition) is 1. The number of carbonyl (C=O) groups is 1. The van der Waals surface area contributed by atoms with Crippen molar-refractivity contribution in [1.82, 2.24) is 15.2 Å². The van der Waals surface area contributed by atoms with Gasteiger partial charge in [0.2, 0.25) is 5.91 Å². The maximum atomic E-state index is 12.2. The fourth-order valence-electron chi connectivity index (χ4n) is 3.69. The topological polar surface area (TPSA) is 45.2 Å². The number of nitrogens with zero attached hydrogens (tertiary/aromatic N) is 2. The van der Waals surface area contributed by atoms with Crippen molar-refractivity contribution in [3.05, 3.63) is 65.2 Å². The highest BCUT2D eigenvalue weighted by Crippen LogP contribution is 2.33. The Kier molecular flexibility index (Phi) is 7.19. The SMILES string of the molecule is O=C(CN1CCC(c2nc3ccccc3s2)CC1)NCCSCc1ccccc1. The lowest BCUT2D eigenvalue weighted by molar-refractivity contribution is -0.122. The second-order valence-corrected chi connectivity index (χ2v) is 9.63. The van der Waals surface area contributed by atoms with Crippen molar-refractivity contribution in [3.63, 3.8) is 0 Å². The third kappa shape index (κ3) is 5.81. The van der Waals surface area contributed by atoms with Gasteiger partial charge in [-0.1, -0.05) is 42.5 Å². The first-order chi connectivity index (χ1) is 14.3. The Morgan fingerprint density at radius 3 is 2.66 bits per heavy atom. The maximum Gasteiger partial charge on any atom is 0.234 e. The Morgan fingerprint density at radius 1 is 1.10 bits per heavy atom. The largest absolute Gasteiger partial charge is 0.354 e. The molecule has 29 heavy (non-hydrogen) atoms. The molecule has 1 N–H and O–H groups in total. The Bertz CT molecular complexity index is 887. The van der Waals surface area contributed by atoms with Gasteiger partial charge in [-0.3, -0.25) is 9.69 Å². The molecule has 6 heteroatoms. The number of rotatable bonds is 8. The summed E-state index contributed by atoms with van der Waals surface area (Å²) in [6.45, 7) is 3.18. The molecule has 0 saturated carbocycles. The molecule has 1 amide bonds. The summed E-state index contributed by atoms with van der Waals surface area (Å²) in [4.78, 5) is 19.3. The zero-order chi connectivity index (χ0) is 19.9. The van der Waals surface area contributed by atoms with Gasteiger partial charge in [-0.05, 0) is 43.6 Å². The van der Waals surface area contributed by atoms with Gasteiger partial charge >= 0.3 is 0 Å². The number of thiazole rings is 1. The summed E-state index contributed by atoms with van der Waals surface area (Å²) in [6, 6.07) is 18.8. The summed E-state index contributed by atoms with van der Waals surface area (Å²) in [5, 5.41) is 4.32. The summed E-state index contributed by atoms with van der Waals surface area (Å²) in [5.74, 6) is 2.61. The van der Waals surface area contributed by atoms with E-state index in [4.69, 9.17) is 4.98 Å². The highest BCUT2D eigenvalue weighted by Gasteiger charge is 2.24. The minimum Gasteiger partial charge on any atom is -0.354 e. The smallest absolute Gasteiger partial charge is 0.234 e. The zero-order valence-electron chi connectivity index (χ0n) is 16.5. The van der Waals surface area contributed by atoms with Crippen LogP contribution in [0, 0.1) is 0 Å². The van der Waals surface area contributed by atoms with E-state index in [1.165, 1.54) is 15.3 Å². The number of piperidine rings is 1. The average Bonchev–Trinajstić information content (AvgIpc) is 3.19. The van der Waals surface area contributed by atoms with Crippen molar-refractivity contribution in [2.24, 2.45) is 0 Å². The van der Waals surface area contributed by atoms with E-state index in [1.807, 2.05) is 35.2 Å². The van der Waals surface area contributed by atoms with Gasteiger partial charge in [-0.15, -0.1) is 11.3 Å². The van der Waals surface area contributed by atoms with Crippen LogP contribution in [0.4, 0.5) is 0 Å². The summed E-state index contributed by atoms with van der Waals surface area (Å²) in [5.41, 5.74) is 2.44. The zero-order valence-corrected chi connectivity index (χ0v) is 18.2. The number of fused-ring (bicyclic) bond motifs is 1. The number of thioether (sulfide) groups is 1. The van der Waals surface area contributed by atoms with Crippen molar-refractivity contribution in [3.8, 4) is 0 Å². The summed E-state index contributed by atoms with van der Waals surface area (Å²) in [7, 11) is 0. The molecule has 0 unspecified atom stereocenters. The van der Waals surface area contributed by atoms with Crippen LogP contribution in [0.5, 0.6) is 0 Å². The summed E-state index contributed by atoms with van der Waals surface area (Å²) in [6.07, 6.45) is 2.17. The predicted octanol–water partition coefficient (Wildman–Crippen LogP) is 4.53. The number of carbonyl (C=O) groups excluding carboxylic acids is 1. The van der Waals surface area contributed by atoms with Crippen LogP contribution in [0.25, 0.3) is 10.2 Å². The highest BCUT2D eigenvalue weighted by atomic mass is 32.2. The maximum absolute atomic E-state index is 12.2. The van der Waals surface area contributed by atoms with E-state index in [9.17, 15) is 4.79 Å². The van der Waals surface area contributed by atoms with E-state index < -0.39 is 0 Å². The minimum atomic E-state index is 0.142. The number of nitrogens with one attached hydrogen (secondary N) is 1. The van der Waals surface area contributed by atoms with Crippen LogP contribution in [0.15, 0.2) is 54.6 Å². The van der Waals surface area contributed by atoms with Gasteiger partial charge in [0.15, 0.2) is 0 Å². The predicted molar refractivity (Wildman–Crippen MR) is 124 cm³/mol. The molecule has 3 aromatic rings. The third-order valence-corrected chi connectivity index (χ3v) is 7.52. The Hall–Kier alpha value is -1.89. The molecular formula is C23H27N3OS2. The minimum absolute atomic E-state index is 0.142. The van der Waals surface area contributed by atoms with Gasteiger partial charge in [0.25, 0.3) is 0 Å². The lowest BCUT2D eigenvalue weighted by Gasteiger charge is -2.30. The first-order valence-electron chi connectivity index (χ1n) is 10.2. The van der Waals surface area contributed by atoms with E-state index in [0.29, 0.717) is 12.5 Å². The van der Waals surface area contributed by atoms with Gasteiger partial charge in [-0.2, -0.15) is 11.8 Å². The second-order valence-electron chi connectivity index (χ2n) is 7.46. The van der Waals surface area contributed by atoms with E-state index in [2.05, 4.69) is 52.7 Å².